The molecular weight excluding hydrogens is 389 g/mol. The van der Waals surface area contributed by atoms with Gasteiger partial charge in [-0.25, -0.2) is 8.78 Å². The molecule has 1 saturated carbocycles. The zero-order valence-electron chi connectivity index (χ0n) is 9.35. The molecule has 128 valence electrons. The largest absolute Gasteiger partial charge is 0.362 e. The Kier molecular flexibility index (Phi) is 3.85. The minimum absolute atomic E-state index is 3.65. The van der Waals surface area contributed by atoms with Crippen LogP contribution in [-0.2, 0) is 9.59 Å². The third-order valence-electron chi connectivity index (χ3n) is 3.06. The number of halogens is 12. The second-order valence-corrected chi connectivity index (χ2v) is 4.85. The third kappa shape index (κ3) is 1.50. The number of carbonyl (C=O) groups excluding carboxylic acids is 2. The van der Waals surface area contributed by atoms with Crippen LogP contribution in [0.4, 0.5) is 43.9 Å². The molecule has 0 atom stereocenters. The summed E-state index contributed by atoms with van der Waals surface area (Å²) in [6.45, 7) is 0. The molecule has 1 aliphatic rings. The van der Waals surface area contributed by atoms with Crippen LogP contribution in [0.15, 0.2) is 0 Å². The van der Waals surface area contributed by atoms with Gasteiger partial charge < -0.3 is 0 Å². The minimum Gasteiger partial charge on any atom is -0.277 e. The highest BCUT2D eigenvalue weighted by atomic mass is 35.5. The molecule has 0 aromatic carbocycles. The topological polar surface area (TPSA) is 34.1 Å². The Morgan fingerprint density at radius 2 is 0.636 bits per heavy atom. The van der Waals surface area contributed by atoms with Gasteiger partial charge in [0.15, 0.2) is 0 Å². The highest BCUT2D eigenvalue weighted by Crippen LogP contribution is 2.69. The van der Waals surface area contributed by atoms with E-state index in [0.29, 0.717) is 0 Å². The van der Waals surface area contributed by atoms with Crippen molar-refractivity contribution < 1.29 is 53.5 Å². The number of hydrogen-bond donors (Lipinski definition) is 0. The summed E-state index contributed by atoms with van der Waals surface area (Å²) >= 11 is 8.03. The van der Waals surface area contributed by atoms with Crippen LogP contribution < -0.4 is 0 Å². The predicted molar refractivity (Wildman–Crippen MR) is 49.2 cm³/mol. The molecule has 0 heterocycles. The highest BCUT2D eigenvalue weighted by molar-refractivity contribution is 6.66. The Hall–Kier alpha value is -0.780. The van der Waals surface area contributed by atoms with Crippen LogP contribution in [-0.4, -0.2) is 45.5 Å². The Balaban J connectivity index is 4.02. The molecule has 1 fully saturated rings. The van der Waals surface area contributed by atoms with Crippen LogP contribution in [0, 0.1) is 0 Å². The van der Waals surface area contributed by atoms with Gasteiger partial charge in [0.25, 0.3) is 10.5 Å². The van der Waals surface area contributed by atoms with Crippen LogP contribution in [0.25, 0.3) is 0 Å². The molecule has 0 unspecified atom stereocenters. The Morgan fingerprint density at radius 1 is 0.500 bits per heavy atom. The minimum atomic E-state index is -7.14. The Bertz CT molecular complexity index is 469. The summed E-state index contributed by atoms with van der Waals surface area (Å²) < 4.78 is 133. The summed E-state index contributed by atoms with van der Waals surface area (Å²) in [7, 11) is 0. The van der Waals surface area contributed by atoms with Gasteiger partial charge in [-0.05, 0) is 23.2 Å². The maximum absolute atomic E-state index is 13.6. The molecule has 0 saturated heterocycles. The highest BCUT2D eigenvalue weighted by Gasteiger charge is 3.03. The number of rotatable bonds is 2. The van der Waals surface area contributed by atoms with Gasteiger partial charge in [0.2, 0.25) is 0 Å². The van der Waals surface area contributed by atoms with E-state index in [2.05, 4.69) is 23.2 Å². The molecule has 22 heavy (non-hydrogen) atoms. The van der Waals surface area contributed by atoms with Gasteiger partial charge in [0.05, 0.1) is 0 Å². The average molecular weight is 389 g/mol. The summed E-state index contributed by atoms with van der Waals surface area (Å²) in [4.78, 5) is 20.9. The smallest absolute Gasteiger partial charge is 0.277 e. The van der Waals surface area contributed by atoms with Crippen molar-refractivity contribution in [1.82, 2.24) is 0 Å². The molecule has 1 rings (SSSR count). The lowest BCUT2D eigenvalue weighted by Gasteiger charge is -2.52. The summed E-state index contributed by atoms with van der Waals surface area (Å²) in [5.74, 6) is -28.5. The molecule has 0 aromatic heterocycles. The van der Waals surface area contributed by atoms with E-state index >= 15 is 0 Å². The molecule has 2 nitrogen and oxygen atoms in total. The molecule has 0 aliphatic heterocycles. The molecule has 0 bridgehead atoms. The second kappa shape index (κ2) is 4.40. The van der Waals surface area contributed by atoms with Gasteiger partial charge in [0.1, 0.15) is 0 Å². The SMILES string of the molecule is O=C(Cl)C1(F)C(F)(F)C(F)(F)C(F)(C(=O)Cl)C(F)(F)C1(F)F. The first kappa shape index (κ1) is 19.3. The van der Waals surface area contributed by atoms with Crippen LogP contribution in [0.3, 0.4) is 0 Å². The summed E-state index contributed by atoms with van der Waals surface area (Å²) in [6, 6.07) is 0. The lowest BCUT2D eigenvalue weighted by molar-refractivity contribution is -0.437. The van der Waals surface area contributed by atoms with E-state index in [4.69, 9.17) is 0 Å². The zero-order valence-corrected chi connectivity index (χ0v) is 10.9. The Morgan fingerprint density at radius 3 is 0.727 bits per heavy atom. The normalized spacial score (nSPS) is 38.4. The molecule has 0 aromatic rings. The fourth-order valence-electron chi connectivity index (χ4n) is 1.75. The average Bonchev–Trinajstić information content (AvgIpc) is 2.33. The number of carbonyl (C=O) groups is 2. The van der Waals surface area contributed by atoms with Crippen molar-refractivity contribution in [3.05, 3.63) is 0 Å². The van der Waals surface area contributed by atoms with Crippen molar-refractivity contribution in [2.75, 3.05) is 0 Å². The van der Waals surface area contributed by atoms with Gasteiger partial charge in [0, 0.05) is 0 Å². The maximum Gasteiger partial charge on any atom is 0.362 e. The van der Waals surface area contributed by atoms with Crippen molar-refractivity contribution in [2.24, 2.45) is 0 Å². The van der Waals surface area contributed by atoms with Crippen molar-refractivity contribution in [1.29, 1.82) is 0 Å². The molecule has 0 spiro atoms. The van der Waals surface area contributed by atoms with Crippen molar-refractivity contribution in [2.45, 2.75) is 35.0 Å². The molecule has 14 heteroatoms. The molecule has 0 radical (unpaired) electrons. The summed E-state index contributed by atoms with van der Waals surface area (Å²) in [5, 5.41) is -7.29. The van der Waals surface area contributed by atoms with E-state index in [0.717, 1.165) is 0 Å². The standard InChI is InChI=1S/C8Cl2F10O2/c9-1(21)3(11)5(13,14)7(17,18)4(12,2(10)22)8(19,20)6(3,15)16. The zero-order chi connectivity index (χ0) is 18.2. The van der Waals surface area contributed by atoms with Crippen molar-refractivity contribution >= 4 is 33.7 Å². The molecule has 0 amide bonds. The molecular formula is C8Cl2F10O2. The van der Waals surface area contributed by atoms with Crippen molar-refractivity contribution in [3.63, 3.8) is 0 Å². The van der Waals surface area contributed by atoms with Crippen LogP contribution >= 0.6 is 23.2 Å². The fourth-order valence-corrected chi connectivity index (χ4v) is 2.23. The second-order valence-electron chi connectivity index (χ2n) is 4.16. The third-order valence-corrected chi connectivity index (χ3v) is 3.58. The first-order valence-corrected chi connectivity index (χ1v) is 5.43. The number of alkyl halides is 10. The first-order chi connectivity index (χ1) is 9.39. The lowest BCUT2D eigenvalue weighted by atomic mass is 9.67. The van der Waals surface area contributed by atoms with Crippen molar-refractivity contribution in [3.8, 4) is 0 Å². The van der Waals surface area contributed by atoms with Crippen LogP contribution in [0.2, 0.25) is 0 Å². The van der Waals surface area contributed by atoms with Gasteiger partial charge in [-0.1, -0.05) is 0 Å². The fraction of sp³-hybridized carbons (Fsp3) is 0.750. The summed E-state index contributed by atoms with van der Waals surface area (Å²) in [5.41, 5.74) is -13.4. The van der Waals surface area contributed by atoms with Gasteiger partial charge >= 0.3 is 35.0 Å². The Labute approximate surface area is 123 Å². The predicted octanol–water partition coefficient (Wildman–Crippen LogP) is 3.49. The van der Waals surface area contributed by atoms with E-state index < -0.39 is 45.5 Å². The van der Waals surface area contributed by atoms with Gasteiger partial charge in [-0.15, -0.1) is 0 Å². The van der Waals surface area contributed by atoms with Crippen LogP contribution in [0.1, 0.15) is 0 Å². The quantitative estimate of drug-likeness (QED) is 0.536. The van der Waals surface area contributed by atoms with Gasteiger partial charge in [-0.2, -0.15) is 35.1 Å². The van der Waals surface area contributed by atoms with E-state index in [9.17, 15) is 53.5 Å². The van der Waals surface area contributed by atoms with Crippen LogP contribution in [0.5, 0.6) is 0 Å². The van der Waals surface area contributed by atoms with E-state index in [-0.39, 0.29) is 0 Å². The first-order valence-electron chi connectivity index (χ1n) is 4.68. The lowest BCUT2D eigenvalue weighted by Crippen LogP contribution is -2.87. The summed E-state index contributed by atoms with van der Waals surface area (Å²) in [6.07, 6.45) is 0. The van der Waals surface area contributed by atoms with E-state index in [1.165, 1.54) is 0 Å². The number of hydrogen-bond acceptors (Lipinski definition) is 2. The van der Waals surface area contributed by atoms with E-state index in [1.807, 2.05) is 0 Å². The van der Waals surface area contributed by atoms with Gasteiger partial charge in [-0.3, -0.25) is 9.59 Å². The molecule has 1 aliphatic carbocycles. The maximum atomic E-state index is 13.6. The van der Waals surface area contributed by atoms with E-state index in [1.54, 1.807) is 0 Å². The molecule has 0 N–H and O–H groups in total. The monoisotopic (exact) mass is 388 g/mol.